The van der Waals surface area contributed by atoms with Crippen LogP contribution >= 0.6 is 0 Å². The van der Waals surface area contributed by atoms with Gasteiger partial charge in [0.05, 0.1) is 0 Å². The van der Waals surface area contributed by atoms with Crippen LogP contribution in [0.15, 0.2) is 10.1 Å². The third-order valence-corrected chi connectivity index (χ3v) is 2.68. The lowest BCUT2D eigenvalue weighted by Gasteiger charge is -2.34. The highest BCUT2D eigenvalue weighted by Gasteiger charge is 2.34. The molecule has 6 nitrogen and oxygen atoms in total. The SMILES string of the molecule is CC(C)(C)CC(C(=O)NC(N)=N/C=N/O)C(C)(C)C. The molecule has 6 heteroatoms. The number of nitrogens with two attached hydrogens (primary N) is 1. The second-order valence-corrected chi connectivity index (χ2v) is 6.92. The van der Waals surface area contributed by atoms with E-state index in [1.54, 1.807) is 0 Å². The van der Waals surface area contributed by atoms with E-state index in [1.807, 2.05) is 20.8 Å². The molecule has 0 aromatic carbocycles. The maximum Gasteiger partial charge on any atom is 0.230 e. The highest BCUT2D eigenvalue weighted by Crippen LogP contribution is 2.35. The quantitative estimate of drug-likeness (QED) is 0.316. The van der Waals surface area contributed by atoms with Gasteiger partial charge in [-0.3, -0.25) is 10.1 Å². The molecule has 1 unspecified atom stereocenters. The molecule has 0 aromatic heterocycles. The van der Waals surface area contributed by atoms with Crippen molar-refractivity contribution in [3.8, 4) is 0 Å². The van der Waals surface area contributed by atoms with Gasteiger partial charge in [0.15, 0.2) is 6.34 Å². The molecule has 110 valence electrons. The van der Waals surface area contributed by atoms with Crippen molar-refractivity contribution in [2.45, 2.75) is 48.0 Å². The van der Waals surface area contributed by atoms with Crippen LogP contribution in [0, 0.1) is 16.7 Å². The molecule has 0 rings (SSSR count). The Balaban J connectivity index is 4.94. The van der Waals surface area contributed by atoms with E-state index >= 15 is 0 Å². The van der Waals surface area contributed by atoms with Crippen LogP contribution < -0.4 is 11.1 Å². The summed E-state index contributed by atoms with van der Waals surface area (Å²) in [6, 6.07) is 0. The molecule has 0 fully saturated rings. The first-order valence-corrected chi connectivity index (χ1v) is 6.27. The van der Waals surface area contributed by atoms with Gasteiger partial charge in [-0.2, -0.15) is 4.99 Å². The maximum atomic E-state index is 12.3. The fraction of sp³-hybridized carbons (Fsp3) is 0.769. The van der Waals surface area contributed by atoms with Gasteiger partial charge < -0.3 is 10.9 Å². The average molecular weight is 270 g/mol. The molecule has 1 amide bonds. The molecule has 0 aliphatic carbocycles. The maximum absolute atomic E-state index is 12.3. The minimum atomic E-state index is -0.188. The number of hydrogen-bond donors (Lipinski definition) is 3. The van der Waals surface area contributed by atoms with E-state index in [9.17, 15) is 4.79 Å². The van der Waals surface area contributed by atoms with Crippen LogP contribution in [0.1, 0.15) is 48.0 Å². The summed E-state index contributed by atoms with van der Waals surface area (Å²) in [7, 11) is 0. The fourth-order valence-corrected chi connectivity index (χ4v) is 1.74. The zero-order valence-corrected chi connectivity index (χ0v) is 12.7. The van der Waals surface area contributed by atoms with E-state index < -0.39 is 0 Å². The standard InChI is InChI=1S/C13H26N4O2/c1-12(2,3)7-9(13(4,5)6)10(18)17-11(14)15-8-16-19/h8-9,19H,7H2,1-6H3,(H3,14,15,16,17,18). The average Bonchev–Trinajstić information content (AvgIpc) is 2.20. The summed E-state index contributed by atoms with van der Waals surface area (Å²) in [5.41, 5.74) is 5.38. The zero-order valence-electron chi connectivity index (χ0n) is 12.7. The lowest BCUT2D eigenvalue weighted by molar-refractivity contribution is -0.128. The van der Waals surface area contributed by atoms with Gasteiger partial charge in [0, 0.05) is 5.92 Å². The van der Waals surface area contributed by atoms with Gasteiger partial charge in [0.1, 0.15) is 0 Å². The Hall–Kier alpha value is -1.59. The number of aliphatic imine (C=N–C) groups is 1. The van der Waals surface area contributed by atoms with Crippen molar-refractivity contribution in [3.05, 3.63) is 0 Å². The lowest BCUT2D eigenvalue weighted by atomic mass is 9.72. The molecule has 0 saturated carbocycles. The summed E-state index contributed by atoms with van der Waals surface area (Å²) >= 11 is 0. The van der Waals surface area contributed by atoms with Gasteiger partial charge in [-0.25, -0.2) is 0 Å². The Labute approximate surface area is 115 Å². The van der Waals surface area contributed by atoms with Crippen molar-refractivity contribution >= 4 is 18.2 Å². The normalized spacial score (nSPS) is 15.6. The molecule has 0 aliphatic heterocycles. The molecule has 0 bridgehead atoms. The molecule has 0 heterocycles. The van der Waals surface area contributed by atoms with E-state index in [-0.39, 0.29) is 28.6 Å². The molecule has 4 N–H and O–H groups in total. The van der Waals surface area contributed by atoms with Gasteiger partial charge >= 0.3 is 0 Å². The Kier molecular flexibility index (Phi) is 5.99. The van der Waals surface area contributed by atoms with Gasteiger partial charge in [-0.05, 0) is 17.3 Å². The predicted octanol–water partition coefficient (Wildman–Crippen LogP) is 1.93. The van der Waals surface area contributed by atoms with Crippen molar-refractivity contribution in [1.29, 1.82) is 0 Å². The lowest BCUT2D eigenvalue weighted by Crippen LogP contribution is -2.45. The molecule has 0 spiro atoms. The topological polar surface area (TPSA) is 100 Å². The first-order chi connectivity index (χ1) is 8.47. The minimum Gasteiger partial charge on any atom is -0.410 e. The predicted molar refractivity (Wildman–Crippen MR) is 77.1 cm³/mol. The van der Waals surface area contributed by atoms with Gasteiger partial charge in [0.2, 0.25) is 11.9 Å². The van der Waals surface area contributed by atoms with Crippen LogP contribution in [0.3, 0.4) is 0 Å². The van der Waals surface area contributed by atoms with Gasteiger partial charge in [0.25, 0.3) is 0 Å². The van der Waals surface area contributed by atoms with Crippen molar-refractivity contribution in [2.75, 3.05) is 0 Å². The summed E-state index contributed by atoms with van der Waals surface area (Å²) < 4.78 is 0. The zero-order chi connectivity index (χ0) is 15.3. The monoisotopic (exact) mass is 270 g/mol. The summed E-state index contributed by atoms with van der Waals surface area (Å²) in [5.74, 6) is -0.437. The molecular formula is C13H26N4O2. The van der Waals surface area contributed by atoms with E-state index in [0.717, 1.165) is 12.8 Å². The number of rotatable bonds is 3. The molecule has 1 atom stereocenters. The van der Waals surface area contributed by atoms with Gasteiger partial charge in [-0.15, -0.1) is 0 Å². The van der Waals surface area contributed by atoms with Crippen LogP contribution in [-0.2, 0) is 4.79 Å². The first kappa shape index (κ1) is 17.4. The number of carbonyl (C=O) groups is 1. The molecule has 0 radical (unpaired) electrons. The van der Waals surface area contributed by atoms with Crippen LogP contribution in [0.4, 0.5) is 0 Å². The summed E-state index contributed by atoms with van der Waals surface area (Å²) in [4.78, 5) is 15.8. The third kappa shape index (κ3) is 7.43. The van der Waals surface area contributed by atoms with E-state index in [2.05, 4.69) is 36.2 Å². The highest BCUT2D eigenvalue weighted by atomic mass is 16.4. The van der Waals surface area contributed by atoms with Gasteiger partial charge in [-0.1, -0.05) is 46.7 Å². The van der Waals surface area contributed by atoms with Crippen molar-refractivity contribution in [2.24, 2.45) is 32.6 Å². The second-order valence-electron chi connectivity index (χ2n) is 6.92. The smallest absolute Gasteiger partial charge is 0.230 e. The van der Waals surface area contributed by atoms with Crippen LogP contribution in [0.2, 0.25) is 0 Å². The Bertz CT molecular complexity index is 362. The fourth-order valence-electron chi connectivity index (χ4n) is 1.74. The Morgan fingerprint density at radius 1 is 1.32 bits per heavy atom. The summed E-state index contributed by atoms with van der Waals surface area (Å²) in [5, 5.41) is 13.5. The van der Waals surface area contributed by atoms with Crippen molar-refractivity contribution in [3.63, 3.8) is 0 Å². The van der Waals surface area contributed by atoms with E-state index in [0.29, 0.717) is 0 Å². The largest absolute Gasteiger partial charge is 0.410 e. The van der Waals surface area contributed by atoms with Crippen molar-refractivity contribution < 1.29 is 10.0 Å². The molecular weight excluding hydrogens is 244 g/mol. The summed E-state index contributed by atoms with van der Waals surface area (Å²) in [6.45, 7) is 12.3. The van der Waals surface area contributed by atoms with Crippen LogP contribution in [0.5, 0.6) is 0 Å². The Morgan fingerprint density at radius 2 is 1.84 bits per heavy atom. The minimum absolute atomic E-state index is 0.0355. The van der Waals surface area contributed by atoms with E-state index in [4.69, 9.17) is 10.9 Å². The first-order valence-electron chi connectivity index (χ1n) is 6.27. The van der Waals surface area contributed by atoms with Crippen LogP contribution in [0.25, 0.3) is 0 Å². The second kappa shape index (κ2) is 6.54. The third-order valence-electron chi connectivity index (χ3n) is 2.68. The number of guanidine groups is 1. The number of nitrogens with one attached hydrogen (secondary N) is 1. The molecule has 19 heavy (non-hydrogen) atoms. The summed E-state index contributed by atoms with van der Waals surface area (Å²) in [6.07, 6.45) is 1.61. The number of hydrogen-bond acceptors (Lipinski definition) is 3. The highest BCUT2D eigenvalue weighted by molar-refractivity contribution is 5.99. The number of carbonyl (C=O) groups excluding carboxylic acids is 1. The number of oxime groups is 1. The van der Waals surface area contributed by atoms with E-state index in [1.165, 1.54) is 0 Å². The van der Waals surface area contributed by atoms with Crippen molar-refractivity contribution in [1.82, 2.24) is 5.32 Å². The number of amides is 1. The molecule has 0 aliphatic rings. The molecule has 0 aromatic rings. The Morgan fingerprint density at radius 3 is 2.21 bits per heavy atom. The molecule has 0 saturated heterocycles. The number of nitrogens with zero attached hydrogens (tertiary/aromatic N) is 2. The van der Waals surface area contributed by atoms with Crippen LogP contribution in [-0.4, -0.2) is 23.4 Å².